The van der Waals surface area contributed by atoms with Crippen molar-refractivity contribution in [3.63, 3.8) is 0 Å². The fraction of sp³-hybridized carbons (Fsp3) is 0.414. The molecule has 2 saturated heterocycles. The third kappa shape index (κ3) is 4.66. The van der Waals surface area contributed by atoms with Crippen LogP contribution in [0.4, 0.5) is 4.39 Å². The third-order valence-corrected chi connectivity index (χ3v) is 7.55. The van der Waals surface area contributed by atoms with Gasteiger partial charge in [0.1, 0.15) is 11.5 Å². The van der Waals surface area contributed by atoms with Crippen LogP contribution in [-0.4, -0.2) is 52.3 Å². The van der Waals surface area contributed by atoms with Crippen molar-refractivity contribution < 1.29 is 14.0 Å². The average molecular weight is 474 g/mol. The molecule has 2 fully saturated rings. The largest absolute Gasteiger partial charge is 0.339 e. The van der Waals surface area contributed by atoms with E-state index >= 15 is 0 Å². The Labute approximate surface area is 205 Å². The van der Waals surface area contributed by atoms with E-state index in [1.54, 1.807) is 6.07 Å². The molecule has 6 heteroatoms. The molecule has 2 aliphatic heterocycles. The number of halogens is 1. The van der Waals surface area contributed by atoms with Gasteiger partial charge in [-0.05, 0) is 61.4 Å². The first-order chi connectivity index (χ1) is 16.8. The number of rotatable bonds is 5. The maximum atomic E-state index is 13.7. The number of carbonyl (C=O) groups excluding carboxylic acids is 2. The third-order valence-electron chi connectivity index (χ3n) is 7.55. The number of hydrogen-bond donors (Lipinski definition) is 0. The van der Waals surface area contributed by atoms with Crippen molar-refractivity contribution in [2.24, 2.45) is 11.3 Å². The van der Waals surface area contributed by atoms with Crippen molar-refractivity contribution in [3.05, 3.63) is 77.7 Å². The number of piperidine rings is 1. The molecule has 5 nitrogen and oxygen atoms in total. The summed E-state index contributed by atoms with van der Waals surface area (Å²) in [4.78, 5) is 35.4. The van der Waals surface area contributed by atoms with Gasteiger partial charge in [-0.25, -0.2) is 9.37 Å². The van der Waals surface area contributed by atoms with Crippen LogP contribution in [0.5, 0.6) is 0 Å². The standard InChI is InChI=1S/C29H32FN3O2/c1-20(2)19-33-24(17-21-7-10-23(30)11-8-21)18-29(28(33)35)13-15-32(16-14-29)27(34)26-12-9-22-5-3-4-6-25(22)31-26/h3-12,20,24H,13-19H2,1-2H3/t24-/m0/s1. The molecule has 1 spiro atoms. The number of amides is 2. The first-order valence-electron chi connectivity index (χ1n) is 12.6. The van der Waals surface area contributed by atoms with Crippen molar-refractivity contribution in [3.8, 4) is 0 Å². The highest BCUT2D eigenvalue weighted by molar-refractivity contribution is 5.95. The Morgan fingerprint density at radius 3 is 2.49 bits per heavy atom. The predicted octanol–water partition coefficient (Wildman–Crippen LogP) is 5.10. The van der Waals surface area contributed by atoms with Crippen molar-refractivity contribution in [2.75, 3.05) is 19.6 Å². The van der Waals surface area contributed by atoms with Crippen LogP contribution < -0.4 is 0 Å². The highest BCUT2D eigenvalue weighted by Crippen LogP contribution is 2.45. The van der Waals surface area contributed by atoms with Crippen molar-refractivity contribution >= 4 is 22.7 Å². The van der Waals surface area contributed by atoms with E-state index in [4.69, 9.17) is 0 Å². The highest BCUT2D eigenvalue weighted by Gasteiger charge is 2.52. The molecule has 35 heavy (non-hydrogen) atoms. The molecular weight excluding hydrogens is 441 g/mol. The van der Waals surface area contributed by atoms with Gasteiger partial charge in [-0.1, -0.05) is 50.2 Å². The molecule has 5 rings (SSSR count). The lowest BCUT2D eigenvalue weighted by molar-refractivity contribution is -0.139. The SMILES string of the molecule is CC(C)CN1C(=O)C2(CCN(C(=O)c3ccc4ccccc4n3)CC2)C[C@@H]1Cc1ccc(F)cc1. The number of nitrogens with zero attached hydrogens (tertiary/aromatic N) is 3. The smallest absolute Gasteiger partial charge is 0.272 e. The quantitative estimate of drug-likeness (QED) is 0.518. The van der Waals surface area contributed by atoms with Crippen LogP contribution in [0.1, 0.15) is 49.2 Å². The van der Waals surface area contributed by atoms with Crippen molar-refractivity contribution in [2.45, 2.75) is 45.6 Å². The maximum absolute atomic E-state index is 13.7. The van der Waals surface area contributed by atoms with Crippen LogP contribution in [-0.2, 0) is 11.2 Å². The predicted molar refractivity (Wildman–Crippen MR) is 134 cm³/mol. The minimum atomic E-state index is -0.423. The van der Waals surface area contributed by atoms with Crippen molar-refractivity contribution in [1.29, 1.82) is 0 Å². The second kappa shape index (κ2) is 9.40. The summed E-state index contributed by atoms with van der Waals surface area (Å²) in [6, 6.07) is 18.2. The number of benzene rings is 2. The molecular formula is C29H32FN3O2. The van der Waals surface area contributed by atoms with E-state index in [9.17, 15) is 14.0 Å². The number of fused-ring (bicyclic) bond motifs is 1. The molecule has 1 atom stereocenters. The minimum absolute atomic E-state index is 0.0713. The van der Waals surface area contributed by atoms with E-state index in [1.165, 1.54) is 12.1 Å². The second-order valence-corrected chi connectivity index (χ2v) is 10.5. The Hall–Kier alpha value is -3.28. The van der Waals surface area contributed by atoms with Crippen LogP contribution in [0.15, 0.2) is 60.7 Å². The summed E-state index contributed by atoms with van der Waals surface area (Å²) in [7, 11) is 0. The zero-order valence-corrected chi connectivity index (χ0v) is 20.4. The second-order valence-electron chi connectivity index (χ2n) is 10.5. The fourth-order valence-corrected chi connectivity index (χ4v) is 5.72. The number of para-hydroxylation sites is 1. The van der Waals surface area contributed by atoms with Gasteiger partial charge < -0.3 is 9.80 Å². The average Bonchev–Trinajstić information content (AvgIpc) is 3.10. The van der Waals surface area contributed by atoms with Gasteiger partial charge in [0.15, 0.2) is 0 Å². The molecule has 2 aliphatic rings. The molecule has 1 aromatic heterocycles. The lowest BCUT2D eigenvalue weighted by atomic mass is 9.75. The first-order valence-corrected chi connectivity index (χ1v) is 12.6. The summed E-state index contributed by atoms with van der Waals surface area (Å²) in [6.45, 7) is 6.09. The Kier molecular flexibility index (Phi) is 6.30. The number of hydrogen-bond acceptors (Lipinski definition) is 3. The van der Waals surface area contributed by atoms with Crippen LogP contribution in [0.2, 0.25) is 0 Å². The molecule has 3 heterocycles. The molecule has 3 aromatic rings. The highest BCUT2D eigenvalue weighted by atomic mass is 19.1. The zero-order valence-electron chi connectivity index (χ0n) is 20.4. The molecule has 0 aliphatic carbocycles. The van der Waals surface area contributed by atoms with Gasteiger partial charge in [0.05, 0.1) is 10.9 Å². The number of aromatic nitrogens is 1. The summed E-state index contributed by atoms with van der Waals surface area (Å²) < 4.78 is 13.4. The Bertz CT molecular complexity index is 1230. The van der Waals surface area contributed by atoms with Gasteiger partial charge in [0.25, 0.3) is 5.91 Å². The number of pyridine rings is 1. The van der Waals surface area contributed by atoms with E-state index in [1.807, 2.05) is 47.4 Å². The van der Waals surface area contributed by atoms with E-state index in [0.29, 0.717) is 37.5 Å². The van der Waals surface area contributed by atoms with Gasteiger partial charge in [-0.15, -0.1) is 0 Å². The van der Waals surface area contributed by atoms with Crippen LogP contribution in [0.25, 0.3) is 10.9 Å². The van der Waals surface area contributed by atoms with Crippen molar-refractivity contribution in [1.82, 2.24) is 14.8 Å². The van der Waals surface area contributed by atoms with E-state index in [-0.39, 0.29) is 23.7 Å². The molecule has 2 amide bonds. The summed E-state index contributed by atoms with van der Waals surface area (Å²) >= 11 is 0. The molecule has 0 bridgehead atoms. The number of carbonyl (C=O) groups is 2. The van der Waals surface area contributed by atoms with Gasteiger partial charge >= 0.3 is 0 Å². The normalized spacial score (nSPS) is 19.8. The Balaban J connectivity index is 1.30. The Morgan fingerprint density at radius 1 is 1.06 bits per heavy atom. The molecule has 2 aromatic carbocycles. The van der Waals surface area contributed by atoms with Gasteiger partial charge in [-0.2, -0.15) is 0 Å². The number of likely N-dealkylation sites (tertiary alicyclic amines) is 2. The summed E-state index contributed by atoms with van der Waals surface area (Å²) in [5.74, 6) is 0.266. The van der Waals surface area contributed by atoms with Crippen LogP contribution in [0, 0.1) is 17.2 Å². The fourth-order valence-electron chi connectivity index (χ4n) is 5.72. The zero-order chi connectivity index (χ0) is 24.6. The summed E-state index contributed by atoms with van der Waals surface area (Å²) in [5, 5.41) is 1.01. The van der Waals surface area contributed by atoms with E-state index < -0.39 is 5.41 Å². The minimum Gasteiger partial charge on any atom is -0.339 e. The van der Waals surface area contributed by atoms with Gasteiger partial charge in [0.2, 0.25) is 5.91 Å². The van der Waals surface area contributed by atoms with Gasteiger partial charge in [-0.3, -0.25) is 9.59 Å². The molecule has 0 N–H and O–H groups in total. The topological polar surface area (TPSA) is 53.5 Å². The Morgan fingerprint density at radius 2 is 1.77 bits per heavy atom. The van der Waals surface area contributed by atoms with Gasteiger partial charge in [0, 0.05) is 31.1 Å². The monoisotopic (exact) mass is 473 g/mol. The first kappa shape index (κ1) is 23.5. The van der Waals surface area contributed by atoms with E-state index in [0.717, 1.165) is 35.9 Å². The van der Waals surface area contributed by atoms with E-state index in [2.05, 4.69) is 23.7 Å². The van der Waals surface area contributed by atoms with Crippen LogP contribution in [0.3, 0.4) is 0 Å². The summed E-state index contributed by atoms with van der Waals surface area (Å²) in [5.41, 5.74) is 1.89. The molecule has 0 saturated carbocycles. The molecule has 182 valence electrons. The molecule has 0 radical (unpaired) electrons. The maximum Gasteiger partial charge on any atom is 0.272 e. The van der Waals surface area contributed by atoms with Crippen LogP contribution >= 0.6 is 0 Å². The lowest BCUT2D eigenvalue weighted by Crippen LogP contribution is -2.47. The molecule has 0 unspecified atom stereocenters. The summed E-state index contributed by atoms with van der Waals surface area (Å²) in [6.07, 6.45) is 2.84. The lowest BCUT2D eigenvalue weighted by Gasteiger charge is -2.38.